The van der Waals surface area contributed by atoms with Crippen LogP contribution < -0.4 is 4.74 Å². The summed E-state index contributed by atoms with van der Waals surface area (Å²) >= 11 is 0. The van der Waals surface area contributed by atoms with Crippen molar-refractivity contribution in [3.05, 3.63) is 23.8 Å². The first kappa shape index (κ1) is 17.5. The summed E-state index contributed by atoms with van der Waals surface area (Å²) in [6, 6.07) is 5.06. The number of morpholine rings is 1. The molecule has 2 unspecified atom stereocenters. The van der Waals surface area contributed by atoms with E-state index in [0.29, 0.717) is 30.9 Å². The fourth-order valence-corrected chi connectivity index (χ4v) is 7.16. The van der Waals surface area contributed by atoms with Crippen LogP contribution >= 0.6 is 0 Å². The van der Waals surface area contributed by atoms with Crippen molar-refractivity contribution in [2.24, 2.45) is 0 Å². The summed E-state index contributed by atoms with van der Waals surface area (Å²) in [5.74, 6) is 0.779. The molecule has 0 radical (unpaired) electrons. The van der Waals surface area contributed by atoms with E-state index in [0.717, 1.165) is 30.6 Å². The Morgan fingerprint density at radius 3 is 2.63 bits per heavy atom. The van der Waals surface area contributed by atoms with Crippen LogP contribution in [0.5, 0.6) is 5.75 Å². The van der Waals surface area contributed by atoms with Gasteiger partial charge in [-0.15, -0.1) is 0 Å². The van der Waals surface area contributed by atoms with Crippen LogP contribution in [0.25, 0.3) is 0 Å². The quantitative estimate of drug-likeness (QED) is 0.755. The minimum Gasteiger partial charge on any atom is -0.493 e. The lowest BCUT2D eigenvalue weighted by Gasteiger charge is -2.49. The maximum Gasteiger partial charge on any atom is 0.248 e. The maximum absolute atomic E-state index is 13.4. The second kappa shape index (κ2) is 5.93. The standard InChI is InChI=1S/C19H24N2O5S/c1-20-12-19(26-11-18(20)22)9-14-2-3-15(10-19)21(14)27(23,24)16-4-5-17-13(8-16)6-7-25-17/h4-5,8,14-15H,2-3,6-7,9-12H2,1H3. The number of rotatable bonds is 2. The normalized spacial score (nSPS) is 33.4. The van der Waals surface area contributed by atoms with E-state index in [1.807, 2.05) is 0 Å². The Morgan fingerprint density at radius 2 is 1.93 bits per heavy atom. The molecule has 0 aromatic heterocycles. The summed E-state index contributed by atoms with van der Waals surface area (Å²) in [6.07, 6.45) is 3.74. The Morgan fingerprint density at radius 1 is 1.19 bits per heavy atom. The van der Waals surface area contributed by atoms with E-state index in [9.17, 15) is 13.2 Å². The van der Waals surface area contributed by atoms with E-state index in [-0.39, 0.29) is 24.6 Å². The Bertz CT molecular complexity index is 885. The van der Waals surface area contributed by atoms with Crippen molar-refractivity contribution in [3.63, 3.8) is 0 Å². The Kier molecular flexibility index (Phi) is 3.83. The summed E-state index contributed by atoms with van der Waals surface area (Å²) in [6.45, 7) is 1.25. The van der Waals surface area contributed by atoms with E-state index >= 15 is 0 Å². The van der Waals surface area contributed by atoms with Gasteiger partial charge in [-0.05, 0) is 49.4 Å². The molecule has 4 heterocycles. The highest BCUT2D eigenvalue weighted by Crippen LogP contribution is 2.46. The second-order valence-corrected chi connectivity index (χ2v) is 10.1. The number of ether oxygens (including phenoxy) is 2. The number of nitrogens with zero attached hydrogens (tertiary/aromatic N) is 2. The van der Waals surface area contributed by atoms with Crippen molar-refractivity contribution in [2.45, 2.75) is 54.7 Å². The Hall–Kier alpha value is -1.64. The summed E-state index contributed by atoms with van der Waals surface area (Å²) in [7, 11) is -1.76. The molecule has 0 aliphatic carbocycles. The number of hydrogen-bond acceptors (Lipinski definition) is 5. The molecule has 4 aliphatic rings. The molecule has 3 saturated heterocycles. The summed E-state index contributed by atoms with van der Waals surface area (Å²) in [5.41, 5.74) is 0.555. The first-order valence-electron chi connectivity index (χ1n) is 9.55. The number of carbonyl (C=O) groups is 1. The zero-order valence-electron chi connectivity index (χ0n) is 15.4. The van der Waals surface area contributed by atoms with Crippen LogP contribution in [-0.4, -0.2) is 68.0 Å². The first-order valence-corrected chi connectivity index (χ1v) is 11.0. The zero-order valence-corrected chi connectivity index (χ0v) is 16.2. The average molecular weight is 392 g/mol. The lowest BCUT2D eigenvalue weighted by molar-refractivity contribution is -0.170. The molecule has 1 spiro atoms. The monoisotopic (exact) mass is 392 g/mol. The average Bonchev–Trinajstić information content (AvgIpc) is 3.21. The molecule has 7 nitrogen and oxygen atoms in total. The van der Waals surface area contributed by atoms with Crippen LogP contribution in [0, 0.1) is 0 Å². The third-order valence-electron chi connectivity index (χ3n) is 6.46. The maximum atomic E-state index is 13.4. The van der Waals surface area contributed by atoms with Gasteiger partial charge < -0.3 is 14.4 Å². The predicted molar refractivity (Wildman–Crippen MR) is 97.0 cm³/mol. The van der Waals surface area contributed by atoms with E-state index in [1.54, 1.807) is 34.5 Å². The summed E-state index contributed by atoms with van der Waals surface area (Å²) in [4.78, 5) is 13.9. The van der Waals surface area contributed by atoms with Crippen LogP contribution in [-0.2, 0) is 26.0 Å². The molecule has 8 heteroatoms. The number of benzene rings is 1. The van der Waals surface area contributed by atoms with Crippen molar-refractivity contribution in [2.75, 3.05) is 26.8 Å². The van der Waals surface area contributed by atoms with Gasteiger partial charge in [0.2, 0.25) is 15.9 Å². The molecule has 3 fully saturated rings. The highest BCUT2D eigenvalue weighted by molar-refractivity contribution is 7.89. The lowest BCUT2D eigenvalue weighted by atomic mass is 9.86. The summed E-state index contributed by atoms with van der Waals surface area (Å²) in [5, 5.41) is 0. The molecule has 2 atom stereocenters. The topological polar surface area (TPSA) is 76.2 Å². The molecular weight excluding hydrogens is 368 g/mol. The van der Waals surface area contributed by atoms with E-state index in [1.165, 1.54) is 0 Å². The van der Waals surface area contributed by atoms with Gasteiger partial charge in [0.1, 0.15) is 12.4 Å². The number of sulfonamides is 1. The largest absolute Gasteiger partial charge is 0.493 e. The molecule has 146 valence electrons. The van der Waals surface area contributed by atoms with Gasteiger partial charge in [-0.25, -0.2) is 8.42 Å². The minimum atomic E-state index is -3.56. The van der Waals surface area contributed by atoms with Gasteiger partial charge in [0.15, 0.2) is 0 Å². The van der Waals surface area contributed by atoms with E-state index in [2.05, 4.69) is 0 Å². The summed E-state index contributed by atoms with van der Waals surface area (Å²) < 4.78 is 40.0. The number of fused-ring (bicyclic) bond motifs is 3. The highest BCUT2D eigenvalue weighted by atomic mass is 32.2. The molecule has 0 saturated carbocycles. The van der Waals surface area contributed by atoms with E-state index in [4.69, 9.17) is 9.47 Å². The molecule has 1 aromatic rings. The third-order valence-corrected chi connectivity index (χ3v) is 8.46. The zero-order chi connectivity index (χ0) is 18.8. The molecule has 5 rings (SSSR count). The lowest BCUT2D eigenvalue weighted by Crippen LogP contribution is -2.61. The van der Waals surface area contributed by atoms with Crippen LogP contribution in [0.15, 0.2) is 23.1 Å². The molecular formula is C19H24N2O5S. The van der Waals surface area contributed by atoms with E-state index < -0.39 is 15.6 Å². The number of piperidine rings is 1. The number of carbonyl (C=O) groups excluding carboxylic acids is 1. The van der Waals surface area contributed by atoms with Crippen molar-refractivity contribution in [1.82, 2.24) is 9.21 Å². The first-order chi connectivity index (χ1) is 12.9. The van der Waals surface area contributed by atoms with Crippen molar-refractivity contribution >= 4 is 15.9 Å². The van der Waals surface area contributed by atoms with Gasteiger partial charge in [0.25, 0.3) is 0 Å². The number of hydrogen-bond donors (Lipinski definition) is 0. The molecule has 27 heavy (non-hydrogen) atoms. The third kappa shape index (κ3) is 2.68. The Balaban J connectivity index is 1.43. The SMILES string of the molecule is CN1CC2(CC3CCC(C2)N3S(=O)(=O)c2ccc3c(c2)CCO3)OCC1=O. The van der Waals surface area contributed by atoms with Gasteiger partial charge in [-0.2, -0.15) is 4.31 Å². The van der Waals surface area contributed by atoms with Crippen molar-refractivity contribution in [1.29, 1.82) is 0 Å². The van der Waals surface area contributed by atoms with Gasteiger partial charge in [-0.1, -0.05) is 0 Å². The Labute approximate surface area is 159 Å². The van der Waals surface area contributed by atoms with Crippen LogP contribution in [0.3, 0.4) is 0 Å². The molecule has 2 bridgehead atoms. The van der Waals surface area contributed by atoms with Crippen molar-refractivity contribution < 1.29 is 22.7 Å². The molecule has 0 N–H and O–H groups in total. The number of amides is 1. The van der Waals surface area contributed by atoms with Gasteiger partial charge in [-0.3, -0.25) is 4.79 Å². The molecule has 1 amide bonds. The van der Waals surface area contributed by atoms with Crippen LogP contribution in [0.4, 0.5) is 0 Å². The van der Waals surface area contributed by atoms with Gasteiger partial charge in [0, 0.05) is 32.1 Å². The minimum absolute atomic E-state index is 0.0108. The molecule has 1 aromatic carbocycles. The second-order valence-electron chi connectivity index (χ2n) is 8.22. The fourth-order valence-electron chi connectivity index (χ4n) is 5.24. The van der Waals surface area contributed by atoms with Gasteiger partial charge >= 0.3 is 0 Å². The number of likely N-dealkylation sites (N-methyl/N-ethyl adjacent to an activating group) is 1. The highest BCUT2D eigenvalue weighted by Gasteiger charge is 2.55. The fraction of sp³-hybridized carbons (Fsp3) is 0.632. The van der Waals surface area contributed by atoms with Crippen molar-refractivity contribution in [3.8, 4) is 5.75 Å². The van der Waals surface area contributed by atoms with Crippen LogP contribution in [0.2, 0.25) is 0 Å². The van der Waals surface area contributed by atoms with Gasteiger partial charge in [0.05, 0.1) is 17.1 Å². The predicted octanol–water partition coefficient (Wildman–Crippen LogP) is 1.16. The smallest absolute Gasteiger partial charge is 0.248 e. The molecule has 4 aliphatic heterocycles. The van der Waals surface area contributed by atoms with Crippen LogP contribution in [0.1, 0.15) is 31.2 Å².